The molecule has 9 heteroatoms. The van der Waals surface area contributed by atoms with E-state index in [-0.39, 0.29) is 19.0 Å². The number of rotatable bonds is 10. The lowest BCUT2D eigenvalue weighted by Gasteiger charge is -2.18. The number of alkyl halides is 3. The van der Waals surface area contributed by atoms with E-state index in [9.17, 15) is 18.0 Å². The minimum Gasteiger partial charge on any atom is -0.493 e. The van der Waals surface area contributed by atoms with Crippen LogP contribution in [0, 0.1) is 0 Å². The molecule has 0 unspecified atom stereocenters. The summed E-state index contributed by atoms with van der Waals surface area (Å²) in [7, 11) is 5.87. The Morgan fingerprint density at radius 2 is 1.74 bits per heavy atom. The van der Waals surface area contributed by atoms with Crippen molar-refractivity contribution in [2.75, 3.05) is 48.0 Å². The third-order valence-electron chi connectivity index (χ3n) is 3.58. The van der Waals surface area contributed by atoms with Gasteiger partial charge in [0.25, 0.3) is 0 Å². The van der Waals surface area contributed by atoms with E-state index in [0.29, 0.717) is 29.2 Å². The van der Waals surface area contributed by atoms with E-state index in [1.54, 1.807) is 18.2 Å². The quantitative estimate of drug-likeness (QED) is 0.492. The summed E-state index contributed by atoms with van der Waals surface area (Å²) in [5.41, 5.74) is 0.671. The second-order valence-corrected chi connectivity index (χ2v) is 5.79. The van der Waals surface area contributed by atoms with Crippen LogP contribution in [0.3, 0.4) is 0 Å². The smallest absolute Gasteiger partial charge is 0.401 e. The SMILES string of the molecule is COc1cc(/C=C/C(=O)NCCCN(C)CC(F)(F)F)cc(OC)c1OC. The Balaban J connectivity index is 2.54. The van der Waals surface area contributed by atoms with Crippen LogP contribution in [0.1, 0.15) is 12.0 Å². The van der Waals surface area contributed by atoms with Gasteiger partial charge in [0.15, 0.2) is 11.5 Å². The van der Waals surface area contributed by atoms with Crippen molar-refractivity contribution in [3.63, 3.8) is 0 Å². The van der Waals surface area contributed by atoms with Gasteiger partial charge in [-0.2, -0.15) is 13.2 Å². The number of ether oxygens (including phenoxy) is 3. The van der Waals surface area contributed by atoms with Crippen LogP contribution >= 0.6 is 0 Å². The largest absolute Gasteiger partial charge is 0.493 e. The molecule has 0 radical (unpaired) electrons. The summed E-state index contributed by atoms with van der Waals surface area (Å²) in [4.78, 5) is 13.0. The molecular formula is C18H25F3N2O4. The third kappa shape index (κ3) is 8.21. The number of benzene rings is 1. The molecule has 1 aromatic carbocycles. The monoisotopic (exact) mass is 390 g/mol. The zero-order valence-corrected chi connectivity index (χ0v) is 15.9. The first kappa shape index (κ1) is 22.6. The summed E-state index contributed by atoms with van der Waals surface area (Å²) in [6.45, 7) is -0.459. The van der Waals surface area contributed by atoms with Crippen molar-refractivity contribution in [3.05, 3.63) is 23.8 Å². The van der Waals surface area contributed by atoms with Crippen LogP contribution in [0.15, 0.2) is 18.2 Å². The van der Waals surface area contributed by atoms with Gasteiger partial charge in [0, 0.05) is 12.6 Å². The number of hydrogen-bond acceptors (Lipinski definition) is 5. The second-order valence-electron chi connectivity index (χ2n) is 5.79. The topological polar surface area (TPSA) is 60.0 Å². The van der Waals surface area contributed by atoms with Crippen LogP contribution in [-0.2, 0) is 4.79 Å². The van der Waals surface area contributed by atoms with Gasteiger partial charge in [-0.1, -0.05) is 0 Å². The molecule has 152 valence electrons. The molecule has 0 aromatic heterocycles. The molecule has 0 bridgehead atoms. The third-order valence-corrected chi connectivity index (χ3v) is 3.58. The molecule has 0 saturated heterocycles. The molecule has 0 saturated carbocycles. The van der Waals surface area contributed by atoms with Gasteiger partial charge >= 0.3 is 6.18 Å². The van der Waals surface area contributed by atoms with Gasteiger partial charge in [-0.05, 0) is 43.8 Å². The van der Waals surface area contributed by atoms with Crippen LogP contribution in [0.25, 0.3) is 6.08 Å². The summed E-state index contributed by atoms with van der Waals surface area (Å²) in [5.74, 6) is 1.03. The highest BCUT2D eigenvalue weighted by molar-refractivity contribution is 5.91. The second kappa shape index (κ2) is 10.7. The number of nitrogens with one attached hydrogen (secondary N) is 1. The van der Waals surface area contributed by atoms with E-state index in [1.165, 1.54) is 34.5 Å². The Morgan fingerprint density at radius 1 is 1.15 bits per heavy atom. The van der Waals surface area contributed by atoms with Crippen molar-refractivity contribution in [1.82, 2.24) is 10.2 Å². The Bertz CT molecular complexity index is 623. The van der Waals surface area contributed by atoms with Gasteiger partial charge in [-0.25, -0.2) is 0 Å². The summed E-state index contributed by atoms with van der Waals surface area (Å²) in [6.07, 6.45) is -0.896. The van der Waals surface area contributed by atoms with Gasteiger partial charge in [-0.15, -0.1) is 0 Å². The highest BCUT2D eigenvalue weighted by atomic mass is 19.4. The molecule has 0 atom stereocenters. The summed E-state index contributed by atoms with van der Waals surface area (Å²) in [6, 6.07) is 3.38. The van der Waals surface area contributed by atoms with Crippen molar-refractivity contribution in [3.8, 4) is 17.2 Å². The van der Waals surface area contributed by atoms with E-state index >= 15 is 0 Å². The van der Waals surface area contributed by atoms with Crippen LogP contribution in [0.2, 0.25) is 0 Å². The fourth-order valence-corrected chi connectivity index (χ4v) is 2.37. The molecule has 1 N–H and O–H groups in total. The Morgan fingerprint density at radius 3 is 2.22 bits per heavy atom. The first-order chi connectivity index (χ1) is 12.7. The number of amides is 1. The van der Waals surface area contributed by atoms with E-state index in [1.807, 2.05) is 0 Å². The summed E-state index contributed by atoms with van der Waals surface area (Å²) in [5, 5.41) is 2.63. The first-order valence-electron chi connectivity index (χ1n) is 8.21. The Hall–Kier alpha value is -2.42. The van der Waals surface area contributed by atoms with E-state index in [0.717, 1.165) is 4.90 Å². The van der Waals surface area contributed by atoms with Crippen LogP contribution in [0.5, 0.6) is 17.2 Å². The highest BCUT2D eigenvalue weighted by Crippen LogP contribution is 2.38. The fraction of sp³-hybridized carbons (Fsp3) is 0.500. The Labute approximate surface area is 156 Å². The van der Waals surface area contributed by atoms with Crippen molar-refractivity contribution in [1.29, 1.82) is 0 Å². The molecule has 0 spiro atoms. The fourth-order valence-electron chi connectivity index (χ4n) is 2.37. The lowest BCUT2D eigenvalue weighted by atomic mass is 10.1. The zero-order chi connectivity index (χ0) is 20.4. The molecule has 0 heterocycles. The number of halogens is 3. The van der Waals surface area contributed by atoms with Crippen molar-refractivity contribution < 1.29 is 32.2 Å². The number of hydrogen-bond donors (Lipinski definition) is 1. The lowest BCUT2D eigenvalue weighted by Crippen LogP contribution is -2.33. The molecule has 0 aliphatic heterocycles. The number of methoxy groups -OCH3 is 3. The predicted octanol–water partition coefficient (Wildman–Crippen LogP) is 2.73. The molecule has 0 fully saturated rings. The maximum absolute atomic E-state index is 12.2. The van der Waals surface area contributed by atoms with Crippen LogP contribution < -0.4 is 19.5 Å². The van der Waals surface area contributed by atoms with Gasteiger partial charge < -0.3 is 19.5 Å². The van der Waals surface area contributed by atoms with Crippen LogP contribution in [-0.4, -0.2) is 65.0 Å². The predicted molar refractivity (Wildman–Crippen MR) is 96.3 cm³/mol. The molecule has 1 aromatic rings. The first-order valence-corrected chi connectivity index (χ1v) is 8.21. The van der Waals surface area contributed by atoms with Crippen molar-refractivity contribution >= 4 is 12.0 Å². The van der Waals surface area contributed by atoms with Gasteiger partial charge in [0.2, 0.25) is 11.7 Å². The Kier molecular flexibility index (Phi) is 8.93. The van der Waals surface area contributed by atoms with Crippen LogP contribution in [0.4, 0.5) is 13.2 Å². The standard InChI is InChI=1S/C18H25F3N2O4/c1-23(12-18(19,20)21)9-5-8-22-16(24)7-6-13-10-14(25-2)17(27-4)15(11-13)26-3/h6-7,10-11H,5,8-9,12H2,1-4H3,(H,22,24)/b7-6+. The molecule has 1 amide bonds. The molecule has 1 rings (SSSR count). The molecule has 0 aliphatic rings. The van der Waals surface area contributed by atoms with E-state index in [2.05, 4.69) is 5.32 Å². The maximum Gasteiger partial charge on any atom is 0.401 e. The van der Waals surface area contributed by atoms with Crippen molar-refractivity contribution in [2.45, 2.75) is 12.6 Å². The zero-order valence-electron chi connectivity index (χ0n) is 15.9. The summed E-state index contributed by atoms with van der Waals surface area (Å²) < 4.78 is 52.3. The molecule has 0 aliphatic carbocycles. The average Bonchev–Trinajstić information content (AvgIpc) is 2.60. The number of nitrogens with zero attached hydrogens (tertiary/aromatic N) is 1. The van der Waals surface area contributed by atoms with Gasteiger partial charge in [-0.3, -0.25) is 9.69 Å². The molecular weight excluding hydrogens is 365 g/mol. The van der Waals surface area contributed by atoms with Gasteiger partial charge in [0.05, 0.1) is 27.9 Å². The van der Waals surface area contributed by atoms with E-state index in [4.69, 9.17) is 14.2 Å². The van der Waals surface area contributed by atoms with Crippen molar-refractivity contribution in [2.24, 2.45) is 0 Å². The normalized spacial score (nSPS) is 11.7. The average molecular weight is 390 g/mol. The van der Waals surface area contributed by atoms with E-state index < -0.39 is 12.7 Å². The minimum absolute atomic E-state index is 0.233. The molecule has 27 heavy (non-hydrogen) atoms. The lowest BCUT2D eigenvalue weighted by molar-refractivity contribution is -0.143. The molecule has 6 nitrogen and oxygen atoms in total. The maximum atomic E-state index is 12.2. The van der Waals surface area contributed by atoms with Gasteiger partial charge in [0.1, 0.15) is 0 Å². The highest BCUT2D eigenvalue weighted by Gasteiger charge is 2.28. The number of carbonyl (C=O) groups is 1. The number of carbonyl (C=O) groups excluding carboxylic acids is 1. The summed E-state index contributed by atoms with van der Waals surface area (Å²) >= 11 is 0. The minimum atomic E-state index is -4.22.